The van der Waals surface area contributed by atoms with Gasteiger partial charge in [-0.25, -0.2) is 9.78 Å². The number of esters is 1. The van der Waals surface area contributed by atoms with Crippen molar-refractivity contribution in [3.63, 3.8) is 0 Å². The smallest absolute Gasteiger partial charge is 0.337 e. The number of methoxy groups -OCH3 is 1. The third-order valence-electron chi connectivity index (χ3n) is 4.58. The molecule has 3 rings (SSSR count). The van der Waals surface area contributed by atoms with Crippen molar-refractivity contribution in [2.45, 2.75) is 19.9 Å². The SMILES string of the molecule is COC(=O)c1ccc(Nc2cc(-c3cccnc3)nc(N[C@H](CO)C(C)C)n2)cc1. The minimum atomic E-state index is -0.391. The molecule has 1 atom stereocenters. The summed E-state index contributed by atoms with van der Waals surface area (Å²) >= 11 is 0. The number of hydrogen-bond donors (Lipinski definition) is 3. The maximum Gasteiger partial charge on any atom is 0.337 e. The molecule has 8 nitrogen and oxygen atoms in total. The number of pyridine rings is 1. The van der Waals surface area contributed by atoms with Gasteiger partial charge in [-0.3, -0.25) is 4.98 Å². The van der Waals surface area contributed by atoms with Crippen molar-refractivity contribution in [3.8, 4) is 11.3 Å². The molecule has 0 bridgehead atoms. The maximum atomic E-state index is 11.6. The van der Waals surface area contributed by atoms with Crippen molar-refractivity contribution in [1.82, 2.24) is 15.0 Å². The van der Waals surface area contributed by atoms with Gasteiger partial charge in [0.25, 0.3) is 0 Å². The first-order chi connectivity index (χ1) is 14.5. The minimum absolute atomic E-state index is 0.0318. The van der Waals surface area contributed by atoms with Gasteiger partial charge in [0.2, 0.25) is 5.95 Å². The van der Waals surface area contributed by atoms with Crippen molar-refractivity contribution in [3.05, 3.63) is 60.4 Å². The largest absolute Gasteiger partial charge is 0.465 e. The number of rotatable bonds is 8. The highest BCUT2D eigenvalue weighted by Gasteiger charge is 2.15. The van der Waals surface area contributed by atoms with E-state index < -0.39 is 5.97 Å². The van der Waals surface area contributed by atoms with E-state index in [0.29, 0.717) is 23.0 Å². The van der Waals surface area contributed by atoms with E-state index >= 15 is 0 Å². The van der Waals surface area contributed by atoms with Crippen LogP contribution in [-0.4, -0.2) is 45.8 Å². The molecule has 0 saturated carbocycles. The summed E-state index contributed by atoms with van der Waals surface area (Å²) in [6.07, 6.45) is 3.43. The first-order valence-corrected chi connectivity index (χ1v) is 9.62. The molecule has 2 heterocycles. The lowest BCUT2D eigenvalue weighted by molar-refractivity contribution is 0.0601. The Balaban J connectivity index is 1.92. The Bertz CT molecular complexity index is 978. The summed E-state index contributed by atoms with van der Waals surface area (Å²) in [5.41, 5.74) is 2.76. The standard InChI is InChI=1S/C22H25N5O3/c1-14(2)19(13-28)26-22-25-18(16-5-4-10-23-12-16)11-20(27-22)24-17-8-6-15(7-9-17)21(29)30-3/h4-12,14,19,28H,13H2,1-3H3,(H2,24,25,26,27)/t19-/m1/s1. The zero-order valence-corrected chi connectivity index (χ0v) is 17.2. The van der Waals surface area contributed by atoms with Crippen molar-refractivity contribution in [2.75, 3.05) is 24.4 Å². The van der Waals surface area contributed by atoms with Gasteiger partial charge in [-0.15, -0.1) is 0 Å². The molecule has 2 aromatic heterocycles. The van der Waals surface area contributed by atoms with Gasteiger partial charge in [-0.05, 0) is 42.3 Å². The number of carbonyl (C=O) groups excluding carboxylic acids is 1. The second-order valence-electron chi connectivity index (χ2n) is 7.08. The highest BCUT2D eigenvalue weighted by molar-refractivity contribution is 5.89. The Morgan fingerprint density at radius 1 is 1.17 bits per heavy atom. The van der Waals surface area contributed by atoms with Gasteiger partial charge in [-0.2, -0.15) is 4.98 Å². The number of ether oxygens (including phenoxy) is 1. The second kappa shape index (κ2) is 9.80. The van der Waals surface area contributed by atoms with E-state index in [4.69, 9.17) is 4.74 Å². The lowest BCUT2D eigenvalue weighted by Crippen LogP contribution is -2.30. The minimum Gasteiger partial charge on any atom is -0.465 e. The number of nitrogens with zero attached hydrogens (tertiary/aromatic N) is 3. The molecular weight excluding hydrogens is 382 g/mol. The zero-order valence-electron chi connectivity index (χ0n) is 17.2. The predicted molar refractivity (Wildman–Crippen MR) is 116 cm³/mol. The fraction of sp³-hybridized carbons (Fsp3) is 0.273. The molecular formula is C22H25N5O3. The molecule has 0 aliphatic heterocycles. The Kier molecular flexibility index (Phi) is 6.92. The summed E-state index contributed by atoms with van der Waals surface area (Å²) in [5, 5.41) is 16.1. The van der Waals surface area contributed by atoms with Gasteiger partial charge < -0.3 is 20.5 Å². The van der Waals surface area contributed by atoms with E-state index in [-0.39, 0.29) is 18.6 Å². The summed E-state index contributed by atoms with van der Waals surface area (Å²) in [6.45, 7) is 4.00. The van der Waals surface area contributed by atoms with E-state index in [2.05, 4.69) is 25.6 Å². The van der Waals surface area contributed by atoms with Crippen LogP contribution in [0, 0.1) is 5.92 Å². The monoisotopic (exact) mass is 407 g/mol. The third-order valence-corrected chi connectivity index (χ3v) is 4.58. The normalized spacial score (nSPS) is 11.8. The summed E-state index contributed by atoms with van der Waals surface area (Å²) in [5.74, 6) is 0.774. The molecule has 1 aromatic carbocycles. The van der Waals surface area contributed by atoms with Crippen LogP contribution in [0.5, 0.6) is 0 Å². The van der Waals surface area contributed by atoms with Gasteiger partial charge in [0.1, 0.15) is 5.82 Å². The molecule has 3 aromatic rings. The lowest BCUT2D eigenvalue weighted by atomic mass is 10.1. The lowest BCUT2D eigenvalue weighted by Gasteiger charge is -2.20. The highest BCUT2D eigenvalue weighted by atomic mass is 16.5. The number of anilines is 3. The Morgan fingerprint density at radius 2 is 1.93 bits per heavy atom. The zero-order chi connectivity index (χ0) is 21.5. The van der Waals surface area contributed by atoms with Gasteiger partial charge in [0.15, 0.2) is 0 Å². The first-order valence-electron chi connectivity index (χ1n) is 9.62. The highest BCUT2D eigenvalue weighted by Crippen LogP contribution is 2.24. The number of nitrogens with one attached hydrogen (secondary N) is 2. The predicted octanol–water partition coefficient (Wildman–Crippen LogP) is 3.50. The van der Waals surface area contributed by atoms with Crippen molar-refractivity contribution in [1.29, 1.82) is 0 Å². The van der Waals surface area contributed by atoms with Crippen molar-refractivity contribution < 1.29 is 14.6 Å². The topological polar surface area (TPSA) is 109 Å². The van der Waals surface area contributed by atoms with E-state index in [1.54, 1.807) is 36.7 Å². The molecule has 0 saturated heterocycles. The van der Waals surface area contributed by atoms with Crippen LogP contribution in [0.3, 0.4) is 0 Å². The van der Waals surface area contributed by atoms with Crippen LogP contribution in [-0.2, 0) is 4.74 Å². The van der Waals surface area contributed by atoms with Crippen LogP contribution in [0.25, 0.3) is 11.3 Å². The molecule has 0 aliphatic carbocycles. The number of aromatic nitrogens is 3. The third kappa shape index (κ3) is 5.30. The number of aliphatic hydroxyl groups excluding tert-OH is 1. The molecule has 0 amide bonds. The quantitative estimate of drug-likeness (QED) is 0.487. The molecule has 8 heteroatoms. The van der Waals surface area contributed by atoms with E-state index in [0.717, 1.165) is 11.3 Å². The molecule has 30 heavy (non-hydrogen) atoms. The molecule has 156 valence electrons. The molecule has 0 aliphatic rings. The summed E-state index contributed by atoms with van der Waals surface area (Å²) in [6, 6.07) is 12.3. The van der Waals surface area contributed by atoms with Gasteiger partial charge in [0.05, 0.1) is 31.0 Å². The second-order valence-corrected chi connectivity index (χ2v) is 7.08. The summed E-state index contributed by atoms with van der Waals surface area (Å²) in [7, 11) is 1.35. The van der Waals surface area contributed by atoms with Crippen LogP contribution < -0.4 is 10.6 Å². The van der Waals surface area contributed by atoms with Crippen molar-refractivity contribution in [2.24, 2.45) is 5.92 Å². The molecule has 0 spiro atoms. The van der Waals surface area contributed by atoms with Crippen LogP contribution in [0.15, 0.2) is 54.9 Å². The molecule has 0 radical (unpaired) electrons. The fourth-order valence-corrected chi connectivity index (χ4v) is 2.78. The maximum absolute atomic E-state index is 11.6. The number of aliphatic hydroxyl groups is 1. The number of hydrogen-bond acceptors (Lipinski definition) is 8. The molecule has 0 unspecified atom stereocenters. The summed E-state index contributed by atoms with van der Waals surface area (Å²) < 4.78 is 4.73. The van der Waals surface area contributed by atoms with E-state index in [1.807, 2.05) is 32.0 Å². The molecule has 0 fully saturated rings. The van der Waals surface area contributed by atoms with Gasteiger partial charge in [-0.1, -0.05) is 13.8 Å². The van der Waals surface area contributed by atoms with Gasteiger partial charge >= 0.3 is 5.97 Å². The van der Waals surface area contributed by atoms with Crippen LogP contribution in [0.4, 0.5) is 17.5 Å². The van der Waals surface area contributed by atoms with Crippen LogP contribution >= 0.6 is 0 Å². The van der Waals surface area contributed by atoms with Crippen LogP contribution in [0.1, 0.15) is 24.2 Å². The average Bonchev–Trinajstić information content (AvgIpc) is 2.77. The first kappa shape index (κ1) is 21.2. The average molecular weight is 407 g/mol. The summed E-state index contributed by atoms with van der Waals surface area (Å²) in [4.78, 5) is 24.9. The van der Waals surface area contributed by atoms with Crippen LogP contribution in [0.2, 0.25) is 0 Å². The Hall–Kier alpha value is -3.52. The fourth-order valence-electron chi connectivity index (χ4n) is 2.78. The van der Waals surface area contributed by atoms with E-state index in [9.17, 15) is 9.90 Å². The Morgan fingerprint density at radius 3 is 2.53 bits per heavy atom. The van der Waals surface area contributed by atoms with Crippen molar-refractivity contribution >= 4 is 23.4 Å². The number of carbonyl (C=O) groups is 1. The van der Waals surface area contributed by atoms with E-state index in [1.165, 1.54) is 7.11 Å². The Labute approximate surface area is 175 Å². The van der Waals surface area contributed by atoms with Gasteiger partial charge in [0, 0.05) is 29.7 Å². The number of benzene rings is 1. The molecule has 3 N–H and O–H groups in total.